The van der Waals surface area contributed by atoms with Crippen molar-refractivity contribution in [3.8, 4) is 0 Å². The first kappa shape index (κ1) is 12.6. The van der Waals surface area contributed by atoms with Crippen molar-refractivity contribution in [1.82, 2.24) is 0 Å². The second-order valence-electron chi connectivity index (χ2n) is 1.27. The van der Waals surface area contributed by atoms with Crippen molar-refractivity contribution >= 4 is 5.97 Å². The molecule has 0 amide bonds. The van der Waals surface area contributed by atoms with E-state index in [4.69, 9.17) is 5.11 Å². The Balaban J connectivity index is 0. The summed E-state index contributed by atoms with van der Waals surface area (Å²) in [5.74, 6) is -0.745. The molecule has 0 saturated heterocycles. The van der Waals surface area contributed by atoms with E-state index in [-0.39, 0.29) is 6.42 Å². The molecule has 0 heterocycles. The summed E-state index contributed by atoms with van der Waals surface area (Å²) in [7, 11) is 0. The van der Waals surface area contributed by atoms with Crippen LogP contribution < -0.4 is 0 Å². The molecule has 0 aliphatic carbocycles. The normalized spacial score (nSPS) is 7.73. The molecule has 0 spiro atoms. The number of carboxylic acid groups (broad SMARTS) is 1. The van der Waals surface area contributed by atoms with Gasteiger partial charge in [0.05, 0.1) is 0 Å². The monoisotopic (exact) mass is 174 g/mol. The van der Waals surface area contributed by atoms with E-state index in [1.165, 1.54) is 0 Å². The lowest BCUT2D eigenvalue weighted by Gasteiger charge is -1.71. The standard InChI is InChI=1S/C3H6O2.C2F4/c1-2-3(4)5;3-1(4)2(5)6/h2H2,1H3,(H,4,5);. The first-order valence-corrected chi connectivity index (χ1v) is 2.49. The summed E-state index contributed by atoms with van der Waals surface area (Å²) < 4.78 is 41.1. The molecule has 0 aromatic rings. The number of carbonyl (C=O) groups is 1. The Morgan fingerprint density at radius 2 is 1.36 bits per heavy atom. The van der Waals surface area contributed by atoms with Crippen LogP contribution in [0.1, 0.15) is 13.3 Å². The molecule has 0 bridgehead atoms. The van der Waals surface area contributed by atoms with Crippen LogP contribution in [0, 0.1) is 0 Å². The minimum Gasteiger partial charge on any atom is -0.481 e. The topological polar surface area (TPSA) is 37.3 Å². The lowest BCUT2D eigenvalue weighted by Crippen LogP contribution is -1.86. The van der Waals surface area contributed by atoms with Crippen LogP contribution in [0.5, 0.6) is 0 Å². The Labute approximate surface area is 60.1 Å². The lowest BCUT2D eigenvalue weighted by molar-refractivity contribution is -0.136. The third-order valence-corrected chi connectivity index (χ3v) is 0.445. The van der Waals surface area contributed by atoms with E-state index in [1.807, 2.05) is 0 Å². The average molecular weight is 174 g/mol. The van der Waals surface area contributed by atoms with Crippen LogP contribution in [-0.4, -0.2) is 11.1 Å². The first-order valence-electron chi connectivity index (χ1n) is 2.49. The van der Waals surface area contributed by atoms with Gasteiger partial charge in [-0.3, -0.25) is 4.79 Å². The van der Waals surface area contributed by atoms with Crippen molar-refractivity contribution in [2.45, 2.75) is 13.3 Å². The first-order chi connectivity index (χ1) is 4.91. The van der Waals surface area contributed by atoms with Crippen LogP contribution in [0.2, 0.25) is 0 Å². The zero-order chi connectivity index (χ0) is 9.44. The van der Waals surface area contributed by atoms with Gasteiger partial charge in [0, 0.05) is 6.42 Å². The second kappa shape index (κ2) is 7.04. The lowest BCUT2D eigenvalue weighted by atomic mass is 10.5. The third-order valence-electron chi connectivity index (χ3n) is 0.445. The van der Waals surface area contributed by atoms with E-state index in [9.17, 15) is 22.4 Å². The summed E-state index contributed by atoms with van der Waals surface area (Å²) in [6, 6.07) is 0. The van der Waals surface area contributed by atoms with Gasteiger partial charge < -0.3 is 5.11 Å². The van der Waals surface area contributed by atoms with E-state index >= 15 is 0 Å². The molecular weight excluding hydrogens is 168 g/mol. The highest BCUT2D eigenvalue weighted by Crippen LogP contribution is 2.08. The summed E-state index contributed by atoms with van der Waals surface area (Å²) in [6.07, 6.45) is -5.59. The van der Waals surface area contributed by atoms with Gasteiger partial charge in [0.1, 0.15) is 0 Å². The number of aliphatic carboxylic acids is 1. The molecule has 0 aromatic heterocycles. The van der Waals surface area contributed by atoms with Crippen molar-refractivity contribution in [3.63, 3.8) is 0 Å². The molecule has 0 fully saturated rings. The van der Waals surface area contributed by atoms with Gasteiger partial charge in [0.2, 0.25) is 0 Å². The number of halogens is 4. The number of carboxylic acids is 1. The summed E-state index contributed by atoms with van der Waals surface area (Å²) >= 11 is 0. The van der Waals surface area contributed by atoms with E-state index in [0.29, 0.717) is 0 Å². The molecule has 11 heavy (non-hydrogen) atoms. The summed E-state index contributed by atoms with van der Waals surface area (Å²) in [4.78, 5) is 9.37. The van der Waals surface area contributed by atoms with Crippen molar-refractivity contribution in [2.75, 3.05) is 0 Å². The number of hydrogen-bond donors (Lipinski definition) is 1. The molecular formula is C5H6F4O2. The molecule has 0 unspecified atom stereocenters. The molecule has 0 atom stereocenters. The molecule has 0 aromatic carbocycles. The minimum absolute atomic E-state index is 0.222. The fraction of sp³-hybridized carbons (Fsp3) is 0.400. The Kier molecular flexibility index (Phi) is 8.06. The van der Waals surface area contributed by atoms with E-state index in [1.54, 1.807) is 6.92 Å². The largest absolute Gasteiger partial charge is 0.481 e. The maximum Gasteiger partial charge on any atom is 0.334 e. The highest BCUT2D eigenvalue weighted by molar-refractivity contribution is 5.66. The van der Waals surface area contributed by atoms with Gasteiger partial charge in [0.25, 0.3) is 0 Å². The Hall–Kier alpha value is -1.07. The Morgan fingerprint density at radius 1 is 1.18 bits per heavy atom. The van der Waals surface area contributed by atoms with Crippen molar-refractivity contribution in [3.05, 3.63) is 12.2 Å². The molecule has 6 heteroatoms. The van der Waals surface area contributed by atoms with Gasteiger partial charge in [-0.1, -0.05) is 6.92 Å². The summed E-state index contributed by atoms with van der Waals surface area (Å²) in [5, 5.41) is 7.72. The summed E-state index contributed by atoms with van der Waals surface area (Å²) in [5.41, 5.74) is 0. The van der Waals surface area contributed by atoms with E-state index in [2.05, 4.69) is 0 Å². The molecule has 0 aliphatic heterocycles. The molecule has 0 rings (SSSR count). The zero-order valence-corrected chi connectivity index (χ0v) is 5.57. The van der Waals surface area contributed by atoms with Gasteiger partial charge in [-0.15, -0.1) is 0 Å². The van der Waals surface area contributed by atoms with Crippen LogP contribution >= 0.6 is 0 Å². The molecule has 66 valence electrons. The Morgan fingerprint density at radius 3 is 1.36 bits per heavy atom. The predicted octanol–water partition coefficient (Wildman–Crippen LogP) is 2.47. The molecule has 0 aliphatic rings. The average Bonchev–Trinajstić information content (AvgIpc) is 1.89. The molecule has 0 radical (unpaired) electrons. The maximum atomic E-state index is 10.3. The van der Waals surface area contributed by atoms with Crippen LogP contribution in [0.15, 0.2) is 12.2 Å². The SMILES string of the molecule is CCC(=O)O.FC(F)=C(F)F. The minimum atomic E-state index is -2.91. The van der Waals surface area contributed by atoms with Gasteiger partial charge >= 0.3 is 18.1 Å². The highest BCUT2D eigenvalue weighted by atomic mass is 19.3. The third kappa shape index (κ3) is 17.6. The maximum absolute atomic E-state index is 10.3. The highest BCUT2D eigenvalue weighted by Gasteiger charge is 1.98. The smallest absolute Gasteiger partial charge is 0.334 e. The van der Waals surface area contributed by atoms with Crippen LogP contribution in [0.25, 0.3) is 0 Å². The van der Waals surface area contributed by atoms with Gasteiger partial charge in [-0.25, -0.2) is 0 Å². The van der Waals surface area contributed by atoms with Gasteiger partial charge in [-0.2, -0.15) is 17.6 Å². The molecule has 1 N–H and O–H groups in total. The number of rotatable bonds is 1. The van der Waals surface area contributed by atoms with Gasteiger partial charge in [0.15, 0.2) is 0 Å². The Bertz CT molecular complexity index is 137. The molecule has 2 nitrogen and oxygen atoms in total. The van der Waals surface area contributed by atoms with Crippen LogP contribution in [0.3, 0.4) is 0 Å². The fourth-order valence-corrected chi connectivity index (χ4v) is 0. The van der Waals surface area contributed by atoms with E-state index < -0.39 is 18.1 Å². The molecule has 0 saturated carbocycles. The van der Waals surface area contributed by atoms with Crippen molar-refractivity contribution in [2.24, 2.45) is 0 Å². The fourth-order valence-electron chi connectivity index (χ4n) is 0. The van der Waals surface area contributed by atoms with Crippen LogP contribution in [-0.2, 0) is 4.79 Å². The quantitative estimate of drug-likeness (QED) is 0.620. The van der Waals surface area contributed by atoms with E-state index in [0.717, 1.165) is 0 Å². The van der Waals surface area contributed by atoms with Gasteiger partial charge in [-0.05, 0) is 0 Å². The zero-order valence-electron chi connectivity index (χ0n) is 5.57. The van der Waals surface area contributed by atoms with Crippen molar-refractivity contribution < 1.29 is 27.5 Å². The van der Waals surface area contributed by atoms with Crippen molar-refractivity contribution in [1.29, 1.82) is 0 Å². The summed E-state index contributed by atoms with van der Waals surface area (Å²) in [6.45, 7) is 1.60. The van der Waals surface area contributed by atoms with Crippen LogP contribution in [0.4, 0.5) is 17.6 Å². The second-order valence-corrected chi connectivity index (χ2v) is 1.27. The number of hydrogen-bond acceptors (Lipinski definition) is 1. The predicted molar refractivity (Wildman–Crippen MR) is 29.4 cm³/mol.